The van der Waals surface area contributed by atoms with Gasteiger partial charge in [0, 0.05) is 18.7 Å². The highest BCUT2D eigenvalue weighted by molar-refractivity contribution is 7.89. The minimum atomic E-state index is -3.92. The second-order valence-electron chi connectivity index (χ2n) is 4.53. The number of non-ortho nitro benzene ring substituents is 1. The monoisotopic (exact) mass is 318 g/mol. The van der Waals surface area contributed by atoms with Crippen LogP contribution in [-0.2, 0) is 10.0 Å². The van der Waals surface area contributed by atoms with E-state index in [0.29, 0.717) is 0 Å². The van der Waals surface area contributed by atoms with Crippen LogP contribution in [0, 0.1) is 10.1 Å². The lowest BCUT2D eigenvalue weighted by molar-refractivity contribution is -0.385. The molecule has 8 nitrogen and oxygen atoms in total. The maximum Gasteiger partial charge on any atom is 0.273 e. The van der Waals surface area contributed by atoms with Gasteiger partial charge >= 0.3 is 0 Å². The molecule has 0 saturated heterocycles. The molecule has 0 aliphatic carbocycles. The number of aliphatic hydroxyl groups excluding tert-OH is 1. The number of aliphatic hydroxyl groups is 1. The molecule has 0 fully saturated rings. The molecule has 0 aliphatic heterocycles. The first-order valence-electron chi connectivity index (χ1n) is 6.20. The number of nitro benzene ring substituents is 1. The normalized spacial score (nSPS) is 11.9. The van der Waals surface area contributed by atoms with Crippen LogP contribution in [0.5, 0.6) is 5.75 Å². The molecule has 0 aliphatic rings. The Hall–Kier alpha value is -1.71. The van der Waals surface area contributed by atoms with Gasteiger partial charge in [0.15, 0.2) is 0 Å². The smallest absolute Gasteiger partial charge is 0.273 e. The number of nitro groups is 1. The molecule has 0 saturated carbocycles. The summed E-state index contributed by atoms with van der Waals surface area (Å²) in [5.41, 5.74) is -0.260. The van der Waals surface area contributed by atoms with Gasteiger partial charge in [0.2, 0.25) is 10.0 Å². The maximum absolute atomic E-state index is 12.6. The second kappa shape index (κ2) is 6.83. The van der Waals surface area contributed by atoms with Crippen LogP contribution >= 0.6 is 0 Å². The summed E-state index contributed by atoms with van der Waals surface area (Å²) in [5, 5.41) is 19.7. The van der Waals surface area contributed by atoms with E-state index >= 15 is 0 Å². The fourth-order valence-electron chi connectivity index (χ4n) is 1.86. The number of ether oxygens (including phenoxy) is 1. The summed E-state index contributed by atoms with van der Waals surface area (Å²) in [5.74, 6) is -0.104. The predicted molar refractivity (Wildman–Crippen MR) is 75.8 cm³/mol. The summed E-state index contributed by atoms with van der Waals surface area (Å²) < 4.78 is 31.2. The molecule has 1 aromatic rings. The van der Waals surface area contributed by atoms with Crippen molar-refractivity contribution in [3.05, 3.63) is 28.3 Å². The van der Waals surface area contributed by atoms with E-state index in [0.717, 1.165) is 22.5 Å². The first kappa shape index (κ1) is 17.3. The summed E-state index contributed by atoms with van der Waals surface area (Å²) in [6.45, 7) is 2.95. The number of hydrogen-bond donors (Lipinski definition) is 1. The van der Waals surface area contributed by atoms with Gasteiger partial charge < -0.3 is 9.84 Å². The van der Waals surface area contributed by atoms with Gasteiger partial charge in [-0.3, -0.25) is 10.1 Å². The molecular formula is C12H18N2O6S. The quantitative estimate of drug-likeness (QED) is 0.593. The van der Waals surface area contributed by atoms with Crippen molar-refractivity contribution >= 4 is 15.7 Å². The van der Waals surface area contributed by atoms with Crippen molar-refractivity contribution in [2.24, 2.45) is 0 Å². The SMILES string of the molecule is COc1cc([N+](=O)[O-])ccc1S(=O)(=O)N(CCO)C(C)C. The van der Waals surface area contributed by atoms with Crippen molar-refractivity contribution in [3.8, 4) is 5.75 Å². The highest BCUT2D eigenvalue weighted by atomic mass is 32.2. The molecule has 0 heterocycles. The van der Waals surface area contributed by atoms with Gasteiger partial charge in [-0.2, -0.15) is 4.31 Å². The summed E-state index contributed by atoms with van der Waals surface area (Å²) in [6.07, 6.45) is 0. The first-order chi connectivity index (χ1) is 9.75. The molecule has 0 atom stereocenters. The van der Waals surface area contributed by atoms with Crippen molar-refractivity contribution < 1.29 is 23.2 Å². The molecule has 1 N–H and O–H groups in total. The Balaban J connectivity index is 3.39. The van der Waals surface area contributed by atoms with Crippen LogP contribution in [0.4, 0.5) is 5.69 Å². The largest absolute Gasteiger partial charge is 0.495 e. The molecule has 21 heavy (non-hydrogen) atoms. The molecular weight excluding hydrogens is 300 g/mol. The van der Waals surface area contributed by atoms with Gasteiger partial charge in [0.25, 0.3) is 5.69 Å². The van der Waals surface area contributed by atoms with Gasteiger partial charge in [-0.1, -0.05) is 0 Å². The zero-order valence-electron chi connectivity index (χ0n) is 12.0. The highest BCUT2D eigenvalue weighted by Crippen LogP contribution is 2.31. The number of rotatable bonds is 7. The van der Waals surface area contributed by atoms with Crippen LogP contribution in [0.2, 0.25) is 0 Å². The van der Waals surface area contributed by atoms with Gasteiger partial charge in [-0.25, -0.2) is 8.42 Å². The van der Waals surface area contributed by atoms with Gasteiger partial charge in [0.05, 0.1) is 24.7 Å². The summed E-state index contributed by atoms with van der Waals surface area (Å²) in [6, 6.07) is 2.93. The van der Waals surface area contributed by atoms with Crippen LogP contribution in [0.25, 0.3) is 0 Å². The predicted octanol–water partition coefficient (Wildman–Crippen LogP) is 0.995. The van der Waals surface area contributed by atoms with E-state index in [4.69, 9.17) is 9.84 Å². The topological polar surface area (TPSA) is 110 Å². The van der Waals surface area contributed by atoms with E-state index in [2.05, 4.69) is 0 Å². The third kappa shape index (κ3) is 3.69. The maximum atomic E-state index is 12.6. The van der Waals surface area contributed by atoms with E-state index in [-0.39, 0.29) is 35.5 Å². The number of nitrogens with zero attached hydrogens (tertiary/aromatic N) is 2. The summed E-state index contributed by atoms with van der Waals surface area (Å²) in [4.78, 5) is 9.93. The van der Waals surface area contributed by atoms with Crippen molar-refractivity contribution in [3.63, 3.8) is 0 Å². The fourth-order valence-corrected chi connectivity index (χ4v) is 3.63. The Bertz CT molecular complexity index is 614. The van der Waals surface area contributed by atoms with Crippen molar-refractivity contribution in [2.75, 3.05) is 20.3 Å². The third-order valence-corrected chi connectivity index (χ3v) is 4.96. The lowest BCUT2D eigenvalue weighted by atomic mass is 10.3. The molecule has 0 aromatic heterocycles. The van der Waals surface area contributed by atoms with E-state index in [1.165, 1.54) is 7.11 Å². The summed E-state index contributed by atoms with van der Waals surface area (Å²) >= 11 is 0. The average molecular weight is 318 g/mol. The molecule has 0 unspecified atom stereocenters. The minimum Gasteiger partial charge on any atom is -0.495 e. The van der Waals surface area contributed by atoms with E-state index in [9.17, 15) is 18.5 Å². The molecule has 0 spiro atoms. The first-order valence-corrected chi connectivity index (χ1v) is 7.64. The van der Waals surface area contributed by atoms with Crippen LogP contribution < -0.4 is 4.74 Å². The summed E-state index contributed by atoms with van der Waals surface area (Å²) in [7, 11) is -2.68. The Morgan fingerprint density at radius 2 is 2.05 bits per heavy atom. The Kier molecular flexibility index (Phi) is 5.64. The molecule has 1 rings (SSSR count). The van der Waals surface area contributed by atoms with Gasteiger partial charge in [-0.15, -0.1) is 0 Å². The minimum absolute atomic E-state index is 0.0693. The van der Waals surface area contributed by atoms with Crippen LogP contribution in [0.15, 0.2) is 23.1 Å². The van der Waals surface area contributed by atoms with Crippen LogP contribution in [-0.4, -0.2) is 49.1 Å². The van der Waals surface area contributed by atoms with Crippen LogP contribution in [0.1, 0.15) is 13.8 Å². The molecule has 9 heteroatoms. The molecule has 0 bridgehead atoms. The lowest BCUT2D eigenvalue weighted by Gasteiger charge is -2.25. The lowest BCUT2D eigenvalue weighted by Crippen LogP contribution is -2.39. The Morgan fingerprint density at radius 1 is 1.43 bits per heavy atom. The van der Waals surface area contributed by atoms with E-state index in [1.54, 1.807) is 13.8 Å². The number of hydrogen-bond acceptors (Lipinski definition) is 6. The second-order valence-corrected chi connectivity index (χ2v) is 6.38. The number of sulfonamides is 1. The Labute approximate surface area is 123 Å². The molecule has 118 valence electrons. The van der Waals surface area contributed by atoms with Crippen molar-refractivity contribution in [2.45, 2.75) is 24.8 Å². The highest BCUT2D eigenvalue weighted by Gasteiger charge is 2.30. The van der Waals surface area contributed by atoms with E-state index in [1.807, 2.05) is 0 Å². The van der Waals surface area contributed by atoms with Gasteiger partial charge in [-0.05, 0) is 19.9 Å². The van der Waals surface area contributed by atoms with Gasteiger partial charge in [0.1, 0.15) is 10.6 Å². The molecule has 1 aromatic carbocycles. The third-order valence-electron chi connectivity index (χ3n) is 2.84. The number of benzene rings is 1. The average Bonchev–Trinajstić information content (AvgIpc) is 2.43. The van der Waals surface area contributed by atoms with E-state index < -0.39 is 14.9 Å². The number of methoxy groups -OCH3 is 1. The standard InChI is InChI=1S/C12H18N2O6S/c1-9(2)13(6-7-15)21(18,19)12-5-4-10(14(16)17)8-11(12)20-3/h4-5,8-9,15H,6-7H2,1-3H3. The Morgan fingerprint density at radius 3 is 2.48 bits per heavy atom. The molecule has 0 amide bonds. The zero-order valence-corrected chi connectivity index (χ0v) is 12.8. The van der Waals surface area contributed by atoms with Crippen molar-refractivity contribution in [1.82, 2.24) is 4.31 Å². The van der Waals surface area contributed by atoms with Crippen LogP contribution in [0.3, 0.4) is 0 Å². The molecule has 0 radical (unpaired) electrons. The zero-order chi connectivity index (χ0) is 16.2. The fraction of sp³-hybridized carbons (Fsp3) is 0.500. The van der Waals surface area contributed by atoms with Crippen molar-refractivity contribution in [1.29, 1.82) is 0 Å².